The molecule has 10 heavy (non-hydrogen) atoms. The molecule has 0 atom stereocenters. The second-order valence-corrected chi connectivity index (χ2v) is 4.41. The Kier molecular flexibility index (Phi) is 2.74. The zero-order valence-electron chi connectivity index (χ0n) is 5.91. The van der Waals surface area contributed by atoms with Crippen LogP contribution in [0.2, 0.25) is 0 Å². The first-order chi connectivity index (χ1) is 4.61. The van der Waals surface area contributed by atoms with Gasteiger partial charge in [0.05, 0.1) is 0 Å². The van der Waals surface area contributed by atoms with E-state index in [1.54, 1.807) is 0 Å². The smallest absolute Gasteiger partial charge is 0.0188 e. The summed E-state index contributed by atoms with van der Waals surface area (Å²) in [7, 11) is 0. The fourth-order valence-corrected chi connectivity index (χ4v) is 2.54. The highest BCUT2D eigenvalue weighted by Gasteiger charge is 1.98. The highest BCUT2D eigenvalue weighted by molar-refractivity contribution is 14.1. The Morgan fingerprint density at radius 2 is 1.90 bits per heavy atom. The molecule has 0 fully saturated rings. The summed E-state index contributed by atoms with van der Waals surface area (Å²) in [6, 6.07) is 4.26. The molecule has 0 nitrogen and oxygen atoms in total. The zero-order chi connectivity index (χ0) is 7.72. The van der Waals surface area contributed by atoms with Crippen molar-refractivity contribution in [3.05, 3.63) is 31.3 Å². The maximum Gasteiger partial charge on any atom is 0.0188 e. The second-order valence-electron chi connectivity index (χ2n) is 2.33. The Bertz CT molecular complexity index is 232. The molecule has 1 aromatic rings. The average molecular weight is 311 g/mol. The van der Waals surface area contributed by atoms with Crippen molar-refractivity contribution in [2.24, 2.45) is 0 Å². The van der Waals surface area contributed by atoms with Crippen LogP contribution in [0.3, 0.4) is 0 Å². The molecule has 0 saturated carbocycles. The highest BCUT2D eigenvalue weighted by Crippen LogP contribution is 2.21. The minimum Gasteiger partial charge on any atom is -0.0508 e. The van der Waals surface area contributed by atoms with Gasteiger partial charge in [-0.25, -0.2) is 0 Å². The first-order valence-electron chi connectivity index (χ1n) is 3.03. The molecule has 0 aliphatic heterocycles. The molecule has 2 heteroatoms. The van der Waals surface area contributed by atoms with E-state index >= 15 is 0 Å². The molecular formula is C8H8BrI. The van der Waals surface area contributed by atoms with Crippen LogP contribution in [0.4, 0.5) is 0 Å². The van der Waals surface area contributed by atoms with E-state index < -0.39 is 0 Å². The van der Waals surface area contributed by atoms with Crippen LogP contribution in [0.5, 0.6) is 0 Å². The van der Waals surface area contributed by atoms with Crippen molar-refractivity contribution in [2.45, 2.75) is 13.8 Å². The van der Waals surface area contributed by atoms with E-state index in [4.69, 9.17) is 0 Å². The maximum absolute atomic E-state index is 3.44. The first-order valence-corrected chi connectivity index (χ1v) is 4.90. The van der Waals surface area contributed by atoms with Crippen molar-refractivity contribution in [3.8, 4) is 0 Å². The topological polar surface area (TPSA) is 0 Å². The Hall–Kier alpha value is 0.430. The van der Waals surface area contributed by atoms with Gasteiger partial charge in [-0.05, 0) is 59.7 Å². The number of aryl methyl sites for hydroxylation is 1. The summed E-state index contributed by atoms with van der Waals surface area (Å²) >= 11 is 5.79. The van der Waals surface area contributed by atoms with E-state index in [2.05, 4.69) is 64.5 Å². The minimum absolute atomic E-state index is 1.17. The van der Waals surface area contributed by atoms with Gasteiger partial charge in [-0.15, -0.1) is 0 Å². The van der Waals surface area contributed by atoms with Gasteiger partial charge < -0.3 is 0 Å². The molecule has 0 aromatic heterocycles. The molecule has 0 amide bonds. The Morgan fingerprint density at radius 1 is 1.30 bits per heavy atom. The molecule has 0 N–H and O–H groups in total. The third-order valence-corrected chi connectivity index (χ3v) is 3.15. The third-order valence-electron chi connectivity index (χ3n) is 1.57. The average Bonchev–Trinajstić information content (AvgIpc) is 1.82. The summed E-state index contributed by atoms with van der Waals surface area (Å²) in [4.78, 5) is 0. The minimum atomic E-state index is 1.17. The molecular weight excluding hydrogens is 303 g/mol. The lowest BCUT2D eigenvalue weighted by molar-refractivity contribution is 1.30. The maximum atomic E-state index is 3.44. The number of hydrogen-bond donors (Lipinski definition) is 0. The summed E-state index contributed by atoms with van der Waals surface area (Å²) < 4.78 is 2.49. The highest BCUT2D eigenvalue weighted by atomic mass is 127. The number of rotatable bonds is 0. The molecule has 0 aliphatic rings. The molecule has 1 rings (SSSR count). The lowest BCUT2D eigenvalue weighted by Crippen LogP contribution is -1.84. The van der Waals surface area contributed by atoms with Gasteiger partial charge in [0.2, 0.25) is 0 Å². The zero-order valence-corrected chi connectivity index (χ0v) is 9.65. The predicted octanol–water partition coefficient (Wildman–Crippen LogP) is 3.67. The number of hydrogen-bond acceptors (Lipinski definition) is 0. The SMILES string of the molecule is Cc1cc(Br)cc(I)c1C. The van der Waals surface area contributed by atoms with Crippen molar-refractivity contribution in [2.75, 3.05) is 0 Å². The predicted molar refractivity (Wildman–Crippen MR) is 56.3 cm³/mol. The van der Waals surface area contributed by atoms with Gasteiger partial charge in [0, 0.05) is 8.04 Å². The van der Waals surface area contributed by atoms with Crippen molar-refractivity contribution >= 4 is 38.5 Å². The van der Waals surface area contributed by atoms with Gasteiger partial charge in [0.25, 0.3) is 0 Å². The van der Waals surface area contributed by atoms with E-state index in [9.17, 15) is 0 Å². The van der Waals surface area contributed by atoms with Gasteiger partial charge >= 0.3 is 0 Å². The Labute approximate surface area is 83.3 Å². The monoisotopic (exact) mass is 310 g/mol. The molecule has 54 valence electrons. The molecule has 0 heterocycles. The van der Waals surface area contributed by atoms with Crippen LogP contribution in [-0.2, 0) is 0 Å². The van der Waals surface area contributed by atoms with E-state index in [1.165, 1.54) is 19.2 Å². The Morgan fingerprint density at radius 3 is 2.40 bits per heavy atom. The van der Waals surface area contributed by atoms with Crippen molar-refractivity contribution in [1.29, 1.82) is 0 Å². The number of benzene rings is 1. The van der Waals surface area contributed by atoms with Crippen molar-refractivity contribution in [1.82, 2.24) is 0 Å². The van der Waals surface area contributed by atoms with Crippen LogP contribution < -0.4 is 0 Å². The van der Waals surface area contributed by atoms with Crippen molar-refractivity contribution < 1.29 is 0 Å². The molecule has 0 spiro atoms. The lowest BCUT2D eigenvalue weighted by Gasteiger charge is -2.02. The fraction of sp³-hybridized carbons (Fsp3) is 0.250. The fourth-order valence-electron chi connectivity index (χ4n) is 0.774. The standard InChI is InChI=1S/C8H8BrI/c1-5-3-7(9)4-8(10)6(5)2/h3-4H,1-2H3. The van der Waals surface area contributed by atoms with E-state index in [-0.39, 0.29) is 0 Å². The summed E-state index contributed by atoms with van der Waals surface area (Å²) in [5, 5.41) is 0. The van der Waals surface area contributed by atoms with Crippen molar-refractivity contribution in [3.63, 3.8) is 0 Å². The van der Waals surface area contributed by atoms with Crippen LogP contribution >= 0.6 is 38.5 Å². The van der Waals surface area contributed by atoms with Crippen LogP contribution in [-0.4, -0.2) is 0 Å². The van der Waals surface area contributed by atoms with Crippen LogP contribution in [0.25, 0.3) is 0 Å². The largest absolute Gasteiger partial charge is 0.0508 e. The number of halogens is 2. The van der Waals surface area contributed by atoms with Gasteiger partial charge in [-0.2, -0.15) is 0 Å². The molecule has 0 aliphatic carbocycles. The quantitative estimate of drug-likeness (QED) is 0.641. The summed E-state index contributed by atoms with van der Waals surface area (Å²) in [6.07, 6.45) is 0. The molecule has 0 bridgehead atoms. The third kappa shape index (κ3) is 1.72. The Balaban J connectivity index is 3.31. The molecule has 0 radical (unpaired) electrons. The summed E-state index contributed by atoms with van der Waals surface area (Å²) in [5.74, 6) is 0. The van der Waals surface area contributed by atoms with E-state index in [0.717, 1.165) is 0 Å². The molecule has 0 saturated heterocycles. The molecule has 0 unspecified atom stereocenters. The van der Waals surface area contributed by atoms with Crippen LogP contribution in [0.15, 0.2) is 16.6 Å². The normalized spacial score (nSPS) is 10.0. The van der Waals surface area contributed by atoms with Gasteiger partial charge in [-0.1, -0.05) is 15.9 Å². The second kappa shape index (κ2) is 3.22. The van der Waals surface area contributed by atoms with Crippen LogP contribution in [0, 0.1) is 17.4 Å². The van der Waals surface area contributed by atoms with Gasteiger partial charge in [0.1, 0.15) is 0 Å². The molecule has 1 aromatic carbocycles. The van der Waals surface area contributed by atoms with Crippen LogP contribution in [0.1, 0.15) is 11.1 Å². The lowest BCUT2D eigenvalue weighted by atomic mass is 10.1. The van der Waals surface area contributed by atoms with Gasteiger partial charge in [0.15, 0.2) is 0 Å². The summed E-state index contributed by atoms with van der Waals surface area (Å²) in [5.41, 5.74) is 2.72. The van der Waals surface area contributed by atoms with E-state index in [1.807, 2.05) is 0 Å². The summed E-state index contributed by atoms with van der Waals surface area (Å²) in [6.45, 7) is 4.27. The van der Waals surface area contributed by atoms with Gasteiger partial charge in [-0.3, -0.25) is 0 Å². The first kappa shape index (κ1) is 8.53. The van der Waals surface area contributed by atoms with E-state index in [0.29, 0.717) is 0 Å².